The van der Waals surface area contributed by atoms with Crippen molar-refractivity contribution in [3.63, 3.8) is 0 Å². The Morgan fingerprint density at radius 2 is 2.05 bits per heavy atom. The Labute approximate surface area is 126 Å². The second kappa shape index (κ2) is 6.36. The Morgan fingerprint density at radius 1 is 1.29 bits per heavy atom. The van der Waals surface area contributed by atoms with E-state index in [1.807, 2.05) is 19.9 Å². The van der Waals surface area contributed by atoms with Crippen LogP contribution in [-0.4, -0.2) is 26.6 Å². The van der Waals surface area contributed by atoms with E-state index in [1.54, 1.807) is 4.68 Å². The van der Waals surface area contributed by atoms with Gasteiger partial charge in [-0.3, -0.25) is 25.1 Å². The Balaban J connectivity index is 1.89. The molecule has 0 bridgehead atoms. The quantitative estimate of drug-likeness (QED) is 0.654. The highest BCUT2D eigenvalue weighted by Gasteiger charge is 2.10. The predicted octanol–water partition coefficient (Wildman–Crippen LogP) is 1.01. The molecular weight excluding hydrogens is 294 g/mol. The molecule has 0 aliphatic heterocycles. The van der Waals surface area contributed by atoms with Gasteiger partial charge in [-0.2, -0.15) is 5.10 Å². The number of hydrogen-bond acceptors (Lipinski definition) is 4. The van der Waals surface area contributed by atoms with E-state index in [2.05, 4.69) is 20.9 Å². The minimum absolute atomic E-state index is 0.0249. The number of carbonyl (C=O) groups is 2. The summed E-state index contributed by atoms with van der Waals surface area (Å²) in [6, 6.07) is 4.77. The average molecular weight is 308 g/mol. The van der Waals surface area contributed by atoms with Crippen molar-refractivity contribution < 1.29 is 9.59 Å². The van der Waals surface area contributed by atoms with Crippen molar-refractivity contribution in [3.8, 4) is 0 Å². The molecule has 0 spiro atoms. The molecule has 2 N–H and O–H groups in total. The van der Waals surface area contributed by atoms with Crippen LogP contribution in [0, 0.1) is 13.8 Å². The molecule has 0 unspecified atom stereocenters. The number of pyridine rings is 1. The van der Waals surface area contributed by atoms with Gasteiger partial charge in [0.05, 0.1) is 5.69 Å². The molecule has 2 heterocycles. The molecule has 0 radical (unpaired) electrons. The molecule has 2 aromatic rings. The van der Waals surface area contributed by atoms with Crippen LogP contribution in [0.15, 0.2) is 24.4 Å². The first-order chi connectivity index (χ1) is 9.95. The number of nitrogens with one attached hydrogen (secondary N) is 2. The zero-order valence-corrected chi connectivity index (χ0v) is 12.3. The maximum Gasteiger partial charge on any atom is 0.269 e. The summed E-state index contributed by atoms with van der Waals surface area (Å²) >= 11 is 5.69. The first-order valence-electron chi connectivity index (χ1n) is 6.17. The van der Waals surface area contributed by atoms with Crippen LogP contribution in [-0.2, 0) is 11.3 Å². The number of hydrogen-bond donors (Lipinski definition) is 2. The lowest BCUT2D eigenvalue weighted by molar-refractivity contribution is -0.122. The highest BCUT2D eigenvalue weighted by molar-refractivity contribution is 6.29. The normalized spacial score (nSPS) is 10.2. The van der Waals surface area contributed by atoms with Crippen molar-refractivity contribution in [3.05, 3.63) is 46.5 Å². The molecule has 7 nitrogen and oxygen atoms in total. The largest absolute Gasteiger partial charge is 0.271 e. The number of hydrazine groups is 1. The fraction of sp³-hybridized carbons (Fsp3) is 0.231. The number of nitrogens with zero attached hydrogens (tertiary/aromatic N) is 3. The van der Waals surface area contributed by atoms with Crippen LogP contribution in [0.25, 0.3) is 0 Å². The number of carbonyl (C=O) groups excluding carboxylic acids is 2. The summed E-state index contributed by atoms with van der Waals surface area (Å²) in [7, 11) is 0. The maximum absolute atomic E-state index is 11.8. The Hall–Kier alpha value is -2.41. The molecule has 2 aromatic heterocycles. The van der Waals surface area contributed by atoms with Crippen molar-refractivity contribution in [1.29, 1.82) is 0 Å². The van der Waals surface area contributed by atoms with Crippen molar-refractivity contribution >= 4 is 23.4 Å². The number of halogens is 1. The van der Waals surface area contributed by atoms with Crippen molar-refractivity contribution in [2.75, 3.05) is 0 Å². The van der Waals surface area contributed by atoms with E-state index in [4.69, 9.17) is 11.6 Å². The summed E-state index contributed by atoms with van der Waals surface area (Å²) in [4.78, 5) is 27.3. The van der Waals surface area contributed by atoms with Gasteiger partial charge in [-0.15, -0.1) is 0 Å². The molecule has 0 saturated heterocycles. The molecule has 110 valence electrons. The van der Waals surface area contributed by atoms with Gasteiger partial charge in [-0.25, -0.2) is 4.98 Å². The van der Waals surface area contributed by atoms with Gasteiger partial charge in [-0.1, -0.05) is 11.6 Å². The van der Waals surface area contributed by atoms with Gasteiger partial charge in [0.15, 0.2) is 0 Å². The molecule has 8 heteroatoms. The predicted molar refractivity (Wildman–Crippen MR) is 76.6 cm³/mol. The Bertz CT molecular complexity index is 683. The molecular formula is C13H14ClN5O2. The van der Waals surface area contributed by atoms with Crippen LogP contribution in [0.4, 0.5) is 0 Å². The lowest BCUT2D eigenvalue weighted by Crippen LogP contribution is -2.43. The molecule has 2 amide bonds. The summed E-state index contributed by atoms with van der Waals surface area (Å²) in [6.45, 7) is 3.72. The first-order valence-corrected chi connectivity index (χ1v) is 6.55. The van der Waals surface area contributed by atoms with Gasteiger partial charge >= 0.3 is 0 Å². The van der Waals surface area contributed by atoms with E-state index >= 15 is 0 Å². The van der Waals surface area contributed by atoms with E-state index in [-0.39, 0.29) is 17.6 Å². The molecule has 2 rings (SSSR count). The van der Waals surface area contributed by atoms with E-state index in [0.717, 1.165) is 11.4 Å². The monoisotopic (exact) mass is 307 g/mol. The van der Waals surface area contributed by atoms with Crippen LogP contribution in [0.3, 0.4) is 0 Å². The minimum Gasteiger partial charge on any atom is -0.271 e. The summed E-state index contributed by atoms with van der Waals surface area (Å²) in [5, 5.41) is 4.37. The molecule has 0 saturated carbocycles. The van der Waals surface area contributed by atoms with Crippen LogP contribution in [0.2, 0.25) is 5.15 Å². The summed E-state index contributed by atoms with van der Waals surface area (Å²) < 4.78 is 1.56. The molecule has 0 atom stereocenters. The number of rotatable bonds is 3. The minimum atomic E-state index is -0.471. The fourth-order valence-electron chi connectivity index (χ4n) is 1.75. The van der Waals surface area contributed by atoms with Gasteiger partial charge < -0.3 is 0 Å². The summed E-state index contributed by atoms with van der Waals surface area (Å²) in [5.41, 5.74) is 6.64. The molecule has 21 heavy (non-hydrogen) atoms. The Kier molecular flexibility index (Phi) is 4.54. The lowest BCUT2D eigenvalue weighted by atomic mass is 10.2. The van der Waals surface area contributed by atoms with E-state index in [9.17, 15) is 9.59 Å². The Morgan fingerprint density at radius 3 is 2.67 bits per heavy atom. The third-order valence-electron chi connectivity index (χ3n) is 2.70. The number of aromatic nitrogens is 3. The van der Waals surface area contributed by atoms with Crippen LogP contribution < -0.4 is 10.9 Å². The van der Waals surface area contributed by atoms with Crippen molar-refractivity contribution in [1.82, 2.24) is 25.6 Å². The average Bonchev–Trinajstić information content (AvgIpc) is 2.74. The molecule has 0 aliphatic rings. The SMILES string of the molecule is Cc1cc(C)n(CC(=O)NNC(=O)c2ccnc(Cl)c2)n1. The van der Waals surface area contributed by atoms with Crippen LogP contribution in [0.1, 0.15) is 21.7 Å². The second-order valence-corrected chi connectivity index (χ2v) is 4.84. The van der Waals surface area contributed by atoms with E-state index < -0.39 is 5.91 Å². The standard InChI is InChI=1S/C13H14ClN5O2/c1-8-5-9(2)19(18-8)7-12(20)16-17-13(21)10-3-4-15-11(14)6-10/h3-6H,7H2,1-2H3,(H,16,20)(H,17,21). The zero-order chi connectivity index (χ0) is 15.4. The highest BCUT2D eigenvalue weighted by Crippen LogP contribution is 2.06. The zero-order valence-electron chi connectivity index (χ0n) is 11.6. The van der Waals surface area contributed by atoms with Crippen LogP contribution >= 0.6 is 11.6 Å². The van der Waals surface area contributed by atoms with E-state index in [0.29, 0.717) is 5.56 Å². The summed E-state index contributed by atoms with van der Waals surface area (Å²) in [6.07, 6.45) is 1.41. The van der Waals surface area contributed by atoms with Gasteiger partial charge in [0.1, 0.15) is 11.7 Å². The van der Waals surface area contributed by atoms with Crippen molar-refractivity contribution in [2.45, 2.75) is 20.4 Å². The van der Waals surface area contributed by atoms with Crippen LogP contribution in [0.5, 0.6) is 0 Å². The molecule has 0 aromatic carbocycles. The number of aryl methyl sites for hydroxylation is 2. The number of amides is 2. The lowest BCUT2D eigenvalue weighted by Gasteiger charge is -2.08. The van der Waals surface area contributed by atoms with Gasteiger partial charge in [0.25, 0.3) is 11.8 Å². The van der Waals surface area contributed by atoms with Gasteiger partial charge in [0.2, 0.25) is 0 Å². The first kappa shape index (κ1) is 15.0. The van der Waals surface area contributed by atoms with Gasteiger partial charge in [0, 0.05) is 17.5 Å². The third-order valence-corrected chi connectivity index (χ3v) is 2.91. The molecule has 0 fully saturated rings. The molecule has 0 aliphatic carbocycles. The van der Waals surface area contributed by atoms with E-state index in [1.165, 1.54) is 18.3 Å². The maximum atomic E-state index is 11.8. The highest BCUT2D eigenvalue weighted by atomic mass is 35.5. The smallest absolute Gasteiger partial charge is 0.269 e. The van der Waals surface area contributed by atoms with Crippen molar-refractivity contribution in [2.24, 2.45) is 0 Å². The van der Waals surface area contributed by atoms with Gasteiger partial charge in [-0.05, 0) is 32.0 Å². The topological polar surface area (TPSA) is 88.9 Å². The third kappa shape index (κ3) is 4.03. The summed E-state index contributed by atoms with van der Waals surface area (Å²) in [5.74, 6) is -0.851. The fourth-order valence-corrected chi connectivity index (χ4v) is 1.93. The second-order valence-electron chi connectivity index (χ2n) is 4.45.